The Morgan fingerprint density at radius 1 is 1.32 bits per heavy atom. The van der Waals surface area contributed by atoms with Crippen LogP contribution in [0.2, 0.25) is 0 Å². The van der Waals surface area contributed by atoms with Crippen molar-refractivity contribution in [2.24, 2.45) is 4.99 Å². The average molecular weight is 385 g/mol. The lowest BCUT2D eigenvalue weighted by Gasteiger charge is -2.35. The normalized spacial score (nSPS) is 17.6. The number of benzene rings is 2. The number of rotatable bonds is 5. The fourth-order valence-corrected chi connectivity index (χ4v) is 3.42. The number of nitrogens with one attached hydrogen (secondary N) is 1. The minimum Gasteiger partial charge on any atom is -0.392 e. The molecule has 1 heterocycles. The Bertz CT molecular complexity index is 825. The molecule has 5 nitrogen and oxygen atoms in total. The molecule has 1 fully saturated rings. The highest BCUT2D eigenvalue weighted by Crippen LogP contribution is 2.25. The molecular formula is C22H28FN3O2. The molecule has 1 unspecified atom stereocenters. The molecule has 28 heavy (non-hydrogen) atoms. The van der Waals surface area contributed by atoms with E-state index in [0.29, 0.717) is 18.7 Å². The molecule has 1 aliphatic heterocycles. The first-order valence-corrected chi connectivity index (χ1v) is 9.71. The standard InChI is InChI=1S/C22H28FN3O2/c1-3-24-22(25-13-17-8-9-20(23)18(12-17)15-27)26-10-11-28-21(14-26)19-7-5-4-6-16(19)2/h4-9,12,21,27H,3,10-11,13-15H2,1-2H3,(H,24,25). The van der Waals surface area contributed by atoms with E-state index in [1.165, 1.54) is 17.2 Å². The number of aliphatic hydroxyl groups excluding tert-OH is 1. The van der Waals surface area contributed by atoms with Gasteiger partial charge in [0, 0.05) is 18.7 Å². The average Bonchev–Trinajstić information content (AvgIpc) is 2.72. The molecule has 0 saturated carbocycles. The van der Waals surface area contributed by atoms with Crippen molar-refractivity contribution in [3.8, 4) is 0 Å². The van der Waals surface area contributed by atoms with E-state index in [9.17, 15) is 9.50 Å². The minimum atomic E-state index is -0.392. The lowest BCUT2D eigenvalue weighted by molar-refractivity contribution is -0.00834. The molecular weight excluding hydrogens is 357 g/mol. The van der Waals surface area contributed by atoms with Gasteiger partial charge in [-0.05, 0) is 42.7 Å². The molecule has 0 amide bonds. The van der Waals surface area contributed by atoms with Crippen molar-refractivity contribution in [3.63, 3.8) is 0 Å². The first-order valence-electron chi connectivity index (χ1n) is 9.71. The summed E-state index contributed by atoms with van der Waals surface area (Å²) >= 11 is 0. The van der Waals surface area contributed by atoms with Crippen molar-refractivity contribution in [1.82, 2.24) is 10.2 Å². The summed E-state index contributed by atoms with van der Waals surface area (Å²) in [5, 5.41) is 12.6. The van der Waals surface area contributed by atoms with Crippen LogP contribution in [-0.4, -0.2) is 42.2 Å². The Labute approximate surface area is 165 Å². The van der Waals surface area contributed by atoms with Crippen LogP contribution in [0.3, 0.4) is 0 Å². The van der Waals surface area contributed by atoms with Gasteiger partial charge in [-0.3, -0.25) is 0 Å². The molecule has 1 atom stereocenters. The predicted molar refractivity (Wildman–Crippen MR) is 109 cm³/mol. The van der Waals surface area contributed by atoms with Crippen LogP contribution in [0.4, 0.5) is 4.39 Å². The van der Waals surface area contributed by atoms with Crippen LogP contribution in [0, 0.1) is 12.7 Å². The molecule has 6 heteroatoms. The molecule has 0 radical (unpaired) electrons. The van der Waals surface area contributed by atoms with E-state index in [1.807, 2.05) is 19.1 Å². The monoisotopic (exact) mass is 385 g/mol. The molecule has 1 saturated heterocycles. The Morgan fingerprint density at radius 3 is 2.89 bits per heavy atom. The van der Waals surface area contributed by atoms with Crippen LogP contribution >= 0.6 is 0 Å². The van der Waals surface area contributed by atoms with E-state index in [0.717, 1.165) is 31.2 Å². The van der Waals surface area contributed by atoms with Crippen molar-refractivity contribution < 1.29 is 14.2 Å². The van der Waals surface area contributed by atoms with E-state index in [4.69, 9.17) is 9.73 Å². The fourth-order valence-electron chi connectivity index (χ4n) is 3.42. The molecule has 0 spiro atoms. The van der Waals surface area contributed by atoms with Crippen LogP contribution in [0.25, 0.3) is 0 Å². The summed E-state index contributed by atoms with van der Waals surface area (Å²) in [6, 6.07) is 13.0. The van der Waals surface area contributed by atoms with Crippen LogP contribution < -0.4 is 5.32 Å². The number of hydrogen-bond donors (Lipinski definition) is 2. The zero-order valence-electron chi connectivity index (χ0n) is 16.5. The third-order valence-electron chi connectivity index (χ3n) is 4.93. The number of halogens is 1. The summed E-state index contributed by atoms with van der Waals surface area (Å²) in [5.74, 6) is 0.427. The maximum atomic E-state index is 13.6. The number of ether oxygens (including phenoxy) is 1. The number of guanidine groups is 1. The van der Waals surface area contributed by atoms with Crippen molar-refractivity contribution in [2.45, 2.75) is 33.1 Å². The van der Waals surface area contributed by atoms with Crippen molar-refractivity contribution >= 4 is 5.96 Å². The van der Waals surface area contributed by atoms with Crippen molar-refractivity contribution in [2.75, 3.05) is 26.2 Å². The lowest BCUT2D eigenvalue weighted by atomic mass is 10.0. The van der Waals surface area contributed by atoms with E-state index in [-0.39, 0.29) is 12.7 Å². The highest BCUT2D eigenvalue weighted by molar-refractivity contribution is 5.80. The van der Waals surface area contributed by atoms with Gasteiger partial charge >= 0.3 is 0 Å². The summed E-state index contributed by atoms with van der Waals surface area (Å²) in [6.45, 7) is 7.13. The number of aliphatic hydroxyl groups is 1. The lowest BCUT2D eigenvalue weighted by Crippen LogP contribution is -2.48. The smallest absolute Gasteiger partial charge is 0.194 e. The first kappa shape index (κ1) is 20.3. The maximum Gasteiger partial charge on any atom is 0.194 e. The Balaban J connectivity index is 1.75. The number of nitrogens with zero attached hydrogens (tertiary/aromatic N) is 2. The fraction of sp³-hybridized carbons (Fsp3) is 0.409. The zero-order chi connectivity index (χ0) is 19.9. The summed E-state index contributed by atoms with van der Waals surface area (Å²) in [6.07, 6.45) is 0.00520. The Kier molecular flexibility index (Phi) is 7.01. The van der Waals surface area contributed by atoms with Gasteiger partial charge in [-0.25, -0.2) is 9.38 Å². The predicted octanol–water partition coefficient (Wildman–Crippen LogP) is 3.17. The Morgan fingerprint density at radius 2 is 2.14 bits per heavy atom. The third kappa shape index (κ3) is 4.88. The highest BCUT2D eigenvalue weighted by Gasteiger charge is 2.25. The quantitative estimate of drug-likeness (QED) is 0.613. The van der Waals surface area contributed by atoms with E-state index in [1.54, 1.807) is 12.1 Å². The second-order valence-electron chi connectivity index (χ2n) is 6.92. The van der Waals surface area contributed by atoms with Crippen molar-refractivity contribution in [3.05, 3.63) is 70.5 Å². The number of hydrogen-bond acceptors (Lipinski definition) is 3. The minimum absolute atomic E-state index is 0.00520. The molecule has 3 rings (SSSR count). The van der Waals surface area contributed by atoms with Gasteiger partial charge in [0.15, 0.2) is 5.96 Å². The van der Waals surface area contributed by atoms with E-state index < -0.39 is 5.82 Å². The van der Waals surface area contributed by atoms with Gasteiger partial charge < -0.3 is 20.1 Å². The third-order valence-corrected chi connectivity index (χ3v) is 4.93. The van der Waals surface area contributed by atoms with E-state index >= 15 is 0 Å². The topological polar surface area (TPSA) is 57.1 Å². The van der Waals surface area contributed by atoms with Crippen LogP contribution in [0.5, 0.6) is 0 Å². The SMILES string of the molecule is CCNC(=NCc1ccc(F)c(CO)c1)N1CCOC(c2ccccc2C)C1. The molecule has 150 valence electrons. The van der Waals surface area contributed by atoms with Gasteiger partial charge in [-0.15, -0.1) is 0 Å². The van der Waals surface area contributed by atoms with E-state index in [2.05, 4.69) is 29.3 Å². The molecule has 0 aliphatic carbocycles. The second kappa shape index (κ2) is 9.66. The van der Waals surface area contributed by atoms with Gasteiger partial charge in [-0.1, -0.05) is 30.3 Å². The Hall–Kier alpha value is -2.44. The summed E-state index contributed by atoms with van der Waals surface area (Å²) in [5.41, 5.74) is 3.58. The van der Waals surface area contributed by atoms with Crippen LogP contribution in [0.1, 0.15) is 35.3 Å². The van der Waals surface area contributed by atoms with Gasteiger partial charge in [0.1, 0.15) is 11.9 Å². The molecule has 2 aromatic carbocycles. The summed E-state index contributed by atoms with van der Waals surface area (Å²) in [4.78, 5) is 6.94. The van der Waals surface area contributed by atoms with Crippen molar-refractivity contribution in [1.29, 1.82) is 0 Å². The maximum absolute atomic E-state index is 13.6. The van der Waals surface area contributed by atoms with Crippen LogP contribution in [-0.2, 0) is 17.9 Å². The second-order valence-corrected chi connectivity index (χ2v) is 6.92. The highest BCUT2D eigenvalue weighted by atomic mass is 19.1. The summed E-state index contributed by atoms with van der Waals surface area (Å²) < 4.78 is 19.6. The van der Waals surface area contributed by atoms with Gasteiger partial charge in [0.25, 0.3) is 0 Å². The number of aryl methyl sites for hydroxylation is 1. The largest absolute Gasteiger partial charge is 0.392 e. The number of aliphatic imine (C=N–C) groups is 1. The first-order chi connectivity index (χ1) is 13.6. The molecule has 2 N–H and O–H groups in total. The molecule has 0 aromatic heterocycles. The van der Waals surface area contributed by atoms with Gasteiger partial charge in [0.2, 0.25) is 0 Å². The van der Waals surface area contributed by atoms with Gasteiger partial charge in [-0.2, -0.15) is 0 Å². The number of morpholine rings is 1. The molecule has 0 bridgehead atoms. The zero-order valence-corrected chi connectivity index (χ0v) is 16.5. The summed E-state index contributed by atoms with van der Waals surface area (Å²) in [7, 11) is 0. The van der Waals surface area contributed by atoms with Crippen LogP contribution in [0.15, 0.2) is 47.5 Å². The molecule has 1 aliphatic rings. The molecule has 2 aromatic rings. The van der Waals surface area contributed by atoms with Gasteiger partial charge in [0.05, 0.1) is 26.3 Å².